The molecule has 21 heavy (non-hydrogen) atoms. The number of esters is 1. The van der Waals surface area contributed by atoms with Crippen LogP contribution in [0.2, 0.25) is 0 Å². The minimum Gasteiger partial charge on any atom is -0.507 e. The lowest BCUT2D eigenvalue weighted by Gasteiger charge is -2.13. The van der Waals surface area contributed by atoms with E-state index in [0.717, 1.165) is 33.4 Å². The molecular weight excluding hydrogens is 264 g/mol. The van der Waals surface area contributed by atoms with Crippen LogP contribution in [0.25, 0.3) is 11.1 Å². The second-order valence-corrected chi connectivity index (χ2v) is 5.49. The molecule has 0 aromatic heterocycles. The van der Waals surface area contributed by atoms with Crippen molar-refractivity contribution in [1.29, 1.82) is 0 Å². The highest BCUT2D eigenvalue weighted by Gasteiger charge is 2.11. The van der Waals surface area contributed by atoms with E-state index in [9.17, 15) is 9.90 Å². The highest BCUT2D eigenvalue weighted by Crippen LogP contribution is 2.33. The van der Waals surface area contributed by atoms with E-state index in [1.165, 1.54) is 6.92 Å². The van der Waals surface area contributed by atoms with E-state index in [1.807, 2.05) is 52.0 Å². The van der Waals surface area contributed by atoms with Crippen molar-refractivity contribution in [3.05, 3.63) is 46.5 Å². The van der Waals surface area contributed by atoms with E-state index >= 15 is 0 Å². The third-order valence-corrected chi connectivity index (χ3v) is 3.53. The Kier molecular flexibility index (Phi) is 4.03. The Morgan fingerprint density at radius 1 is 0.857 bits per heavy atom. The zero-order valence-electron chi connectivity index (χ0n) is 13.1. The Morgan fingerprint density at radius 2 is 1.24 bits per heavy atom. The molecule has 0 amide bonds. The summed E-state index contributed by atoms with van der Waals surface area (Å²) in [5, 5.41) is 9.87. The zero-order valence-corrected chi connectivity index (χ0v) is 13.1. The lowest BCUT2D eigenvalue weighted by Crippen LogP contribution is -2.04. The molecule has 0 heterocycles. The standard InChI is InChI=1S/C18H20O3/c1-10-6-15(7-11(2)17(10)20)16-8-12(3)18(13(4)9-16)21-14(5)19/h6-9,20H,1-5H3. The predicted molar refractivity (Wildman–Crippen MR) is 83.8 cm³/mol. The number of carbonyl (C=O) groups excluding carboxylic acids is 1. The van der Waals surface area contributed by atoms with Gasteiger partial charge in [0, 0.05) is 6.92 Å². The Bertz CT molecular complexity index is 668. The predicted octanol–water partition coefficient (Wildman–Crippen LogP) is 4.22. The van der Waals surface area contributed by atoms with Crippen LogP contribution in [0.3, 0.4) is 0 Å². The van der Waals surface area contributed by atoms with E-state index in [1.54, 1.807) is 0 Å². The first-order valence-corrected chi connectivity index (χ1v) is 6.90. The second kappa shape index (κ2) is 5.60. The van der Waals surface area contributed by atoms with Crippen LogP contribution in [0.4, 0.5) is 0 Å². The molecule has 0 unspecified atom stereocenters. The fourth-order valence-electron chi connectivity index (χ4n) is 2.54. The van der Waals surface area contributed by atoms with Crippen LogP contribution < -0.4 is 4.74 Å². The van der Waals surface area contributed by atoms with E-state index in [2.05, 4.69) is 0 Å². The van der Waals surface area contributed by atoms with Crippen molar-refractivity contribution in [2.75, 3.05) is 0 Å². The van der Waals surface area contributed by atoms with Crippen LogP contribution in [0, 0.1) is 27.7 Å². The first kappa shape index (κ1) is 15.1. The maximum atomic E-state index is 11.1. The van der Waals surface area contributed by atoms with E-state index in [4.69, 9.17) is 4.74 Å². The smallest absolute Gasteiger partial charge is 0.308 e. The lowest BCUT2D eigenvalue weighted by molar-refractivity contribution is -0.131. The first-order valence-electron chi connectivity index (χ1n) is 6.90. The Morgan fingerprint density at radius 3 is 1.62 bits per heavy atom. The van der Waals surface area contributed by atoms with Crippen LogP contribution in [0.15, 0.2) is 24.3 Å². The number of carbonyl (C=O) groups is 1. The molecule has 2 aromatic carbocycles. The number of phenols is 1. The third kappa shape index (κ3) is 3.07. The number of hydrogen-bond donors (Lipinski definition) is 1. The summed E-state index contributed by atoms with van der Waals surface area (Å²) in [6.07, 6.45) is 0. The molecule has 0 aliphatic carbocycles. The highest BCUT2D eigenvalue weighted by atomic mass is 16.5. The van der Waals surface area contributed by atoms with E-state index in [0.29, 0.717) is 11.5 Å². The SMILES string of the molecule is CC(=O)Oc1c(C)cc(-c2cc(C)c(O)c(C)c2)cc1C. The molecule has 0 spiro atoms. The van der Waals surface area contributed by atoms with E-state index < -0.39 is 0 Å². The van der Waals surface area contributed by atoms with Crippen molar-refractivity contribution in [3.63, 3.8) is 0 Å². The number of ether oxygens (including phenoxy) is 1. The van der Waals surface area contributed by atoms with Crippen molar-refractivity contribution in [3.8, 4) is 22.6 Å². The molecule has 0 atom stereocenters. The molecular formula is C18H20O3. The lowest BCUT2D eigenvalue weighted by atomic mass is 9.96. The fraction of sp³-hybridized carbons (Fsp3) is 0.278. The molecule has 1 N–H and O–H groups in total. The molecule has 0 aliphatic rings. The number of aryl methyl sites for hydroxylation is 4. The molecule has 0 aliphatic heterocycles. The zero-order chi connectivity index (χ0) is 15.7. The van der Waals surface area contributed by atoms with Crippen LogP contribution in [0.1, 0.15) is 29.2 Å². The molecule has 2 aromatic rings. The minimum atomic E-state index is -0.315. The summed E-state index contributed by atoms with van der Waals surface area (Å²) in [5.74, 6) is 0.646. The highest BCUT2D eigenvalue weighted by molar-refractivity contribution is 5.74. The summed E-state index contributed by atoms with van der Waals surface area (Å²) in [6.45, 7) is 9.03. The molecule has 0 saturated heterocycles. The summed E-state index contributed by atoms with van der Waals surface area (Å²) in [6, 6.07) is 7.91. The van der Waals surface area contributed by atoms with Gasteiger partial charge in [0.1, 0.15) is 11.5 Å². The Hall–Kier alpha value is -2.29. The van der Waals surface area contributed by atoms with Crippen LogP contribution in [-0.2, 0) is 4.79 Å². The van der Waals surface area contributed by atoms with Gasteiger partial charge >= 0.3 is 5.97 Å². The van der Waals surface area contributed by atoms with Gasteiger partial charge in [-0.3, -0.25) is 4.79 Å². The number of rotatable bonds is 2. The van der Waals surface area contributed by atoms with Crippen molar-refractivity contribution >= 4 is 5.97 Å². The van der Waals surface area contributed by atoms with Gasteiger partial charge in [0.15, 0.2) is 0 Å². The van der Waals surface area contributed by atoms with Gasteiger partial charge in [-0.1, -0.05) is 0 Å². The molecule has 110 valence electrons. The summed E-state index contributed by atoms with van der Waals surface area (Å²) < 4.78 is 5.25. The third-order valence-electron chi connectivity index (χ3n) is 3.53. The number of phenolic OH excluding ortho intramolecular Hbond substituents is 1. The maximum Gasteiger partial charge on any atom is 0.308 e. The van der Waals surface area contributed by atoms with Crippen molar-refractivity contribution in [2.24, 2.45) is 0 Å². The van der Waals surface area contributed by atoms with Crippen molar-refractivity contribution < 1.29 is 14.6 Å². The van der Waals surface area contributed by atoms with Gasteiger partial charge < -0.3 is 9.84 Å². The number of aromatic hydroxyl groups is 1. The average Bonchev–Trinajstić information content (AvgIpc) is 2.39. The second-order valence-electron chi connectivity index (χ2n) is 5.49. The van der Waals surface area contributed by atoms with Crippen molar-refractivity contribution in [1.82, 2.24) is 0 Å². The molecule has 3 heteroatoms. The molecule has 2 rings (SSSR count). The summed E-state index contributed by atoms with van der Waals surface area (Å²) in [4.78, 5) is 11.1. The summed E-state index contributed by atoms with van der Waals surface area (Å²) >= 11 is 0. The quantitative estimate of drug-likeness (QED) is 0.663. The summed E-state index contributed by atoms with van der Waals surface area (Å²) in [5.41, 5.74) is 5.64. The van der Waals surface area contributed by atoms with Crippen LogP contribution in [0.5, 0.6) is 11.5 Å². The van der Waals surface area contributed by atoms with Gasteiger partial charge in [-0.15, -0.1) is 0 Å². The van der Waals surface area contributed by atoms with Gasteiger partial charge in [-0.25, -0.2) is 0 Å². The maximum absolute atomic E-state index is 11.1. The van der Waals surface area contributed by atoms with Crippen LogP contribution in [-0.4, -0.2) is 11.1 Å². The average molecular weight is 284 g/mol. The Balaban J connectivity index is 2.54. The largest absolute Gasteiger partial charge is 0.507 e. The van der Waals surface area contributed by atoms with Gasteiger partial charge in [-0.05, 0) is 85.3 Å². The number of benzene rings is 2. The Labute approximate surface area is 125 Å². The normalized spacial score (nSPS) is 10.5. The molecule has 0 saturated carbocycles. The molecule has 3 nitrogen and oxygen atoms in total. The van der Waals surface area contributed by atoms with E-state index in [-0.39, 0.29) is 5.97 Å². The number of hydrogen-bond acceptors (Lipinski definition) is 3. The fourth-order valence-corrected chi connectivity index (χ4v) is 2.54. The first-order chi connectivity index (χ1) is 9.79. The van der Waals surface area contributed by atoms with Gasteiger partial charge in [0.2, 0.25) is 0 Å². The topological polar surface area (TPSA) is 46.5 Å². The van der Waals surface area contributed by atoms with Crippen LogP contribution >= 0.6 is 0 Å². The monoisotopic (exact) mass is 284 g/mol. The van der Waals surface area contributed by atoms with Gasteiger partial charge in [-0.2, -0.15) is 0 Å². The van der Waals surface area contributed by atoms with Crippen molar-refractivity contribution in [2.45, 2.75) is 34.6 Å². The molecule has 0 radical (unpaired) electrons. The van der Waals surface area contributed by atoms with Gasteiger partial charge in [0.05, 0.1) is 0 Å². The van der Waals surface area contributed by atoms with Gasteiger partial charge in [0.25, 0.3) is 0 Å². The summed E-state index contributed by atoms with van der Waals surface area (Å²) in [7, 11) is 0. The minimum absolute atomic E-state index is 0.315. The molecule has 0 fully saturated rings. The molecule has 0 bridgehead atoms.